The zero-order chi connectivity index (χ0) is 16.9. The van der Waals surface area contributed by atoms with E-state index in [0.717, 1.165) is 11.1 Å². The van der Waals surface area contributed by atoms with Crippen LogP contribution in [0.15, 0.2) is 48.5 Å². The van der Waals surface area contributed by atoms with Crippen LogP contribution in [0.5, 0.6) is 11.5 Å². The van der Waals surface area contributed by atoms with E-state index >= 15 is 0 Å². The van der Waals surface area contributed by atoms with Crippen molar-refractivity contribution in [3.63, 3.8) is 0 Å². The zero-order valence-electron chi connectivity index (χ0n) is 13.4. The Kier molecular flexibility index (Phi) is 5.63. The lowest BCUT2D eigenvalue weighted by atomic mass is 10.1. The van der Waals surface area contributed by atoms with E-state index in [1.54, 1.807) is 51.5 Å². The van der Waals surface area contributed by atoms with Gasteiger partial charge in [0.05, 0.1) is 20.0 Å². The number of rotatable bonds is 7. The maximum Gasteiger partial charge on any atom is 0.216 e. The largest absolute Gasteiger partial charge is 0.497 e. The molecule has 0 bridgehead atoms. The molecule has 2 aromatic carbocycles. The van der Waals surface area contributed by atoms with Crippen molar-refractivity contribution in [3.8, 4) is 11.5 Å². The third-order valence-corrected chi connectivity index (χ3v) is 4.89. The van der Waals surface area contributed by atoms with Crippen LogP contribution in [0, 0.1) is 0 Å². The molecular weight excluding hydrogens is 314 g/mol. The second-order valence-electron chi connectivity index (χ2n) is 5.19. The molecule has 0 fully saturated rings. The second-order valence-corrected chi connectivity index (χ2v) is 6.95. The fourth-order valence-corrected chi connectivity index (χ4v) is 3.73. The van der Waals surface area contributed by atoms with Crippen LogP contribution >= 0.6 is 0 Å². The number of ether oxygens (including phenoxy) is 2. The van der Waals surface area contributed by atoms with Crippen LogP contribution < -0.4 is 14.2 Å². The van der Waals surface area contributed by atoms with Crippen LogP contribution in [-0.2, 0) is 15.8 Å². The first-order valence-corrected chi connectivity index (χ1v) is 8.86. The Balaban J connectivity index is 2.19. The summed E-state index contributed by atoms with van der Waals surface area (Å²) in [5.41, 5.74) is 1.47. The summed E-state index contributed by atoms with van der Waals surface area (Å²) in [4.78, 5) is 0. The molecule has 23 heavy (non-hydrogen) atoms. The van der Waals surface area contributed by atoms with E-state index in [2.05, 4.69) is 4.72 Å². The van der Waals surface area contributed by atoms with Crippen molar-refractivity contribution >= 4 is 10.0 Å². The summed E-state index contributed by atoms with van der Waals surface area (Å²) < 4.78 is 37.9. The summed E-state index contributed by atoms with van der Waals surface area (Å²) in [5.74, 6) is 1.19. The van der Waals surface area contributed by atoms with Gasteiger partial charge in [0.1, 0.15) is 11.5 Å². The van der Waals surface area contributed by atoms with Gasteiger partial charge in [-0.25, -0.2) is 13.1 Å². The minimum absolute atomic E-state index is 0.0650. The lowest BCUT2D eigenvalue weighted by Crippen LogP contribution is -2.28. The smallest absolute Gasteiger partial charge is 0.216 e. The molecule has 0 aliphatic heterocycles. The molecule has 0 unspecified atom stereocenters. The summed E-state index contributed by atoms with van der Waals surface area (Å²) in [5, 5.41) is 0. The first kappa shape index (κ1) is 17.3. The fourth-order valence-electron chi connectivity index (χ4n) is 2.35. The van der Waals surface area contributed by atoms with Crippen molar-refractivity contribution in [2.75, 3.05) is 14.2 Å². The van der Waals surface area contributed by atoms with Crippen molar-refractivity contribution in [1.82, 2.24) is 4.72 Å². The summed E-state index contributed by atoms with van der Waals surface area (Å²) >= 11 is 0. The molecule has 0 saturated carbocycles. The van der Waals surface area contributed by atoms with E-state index in [-0.39, 0.29) is 5.75 Å². The molecule has 1 atom stereocenters. The van der Waals surface area contributed by atoms with Gasteiger partial charge in [0.15, 0.2) is 0 Å². The third-order valence-electron chi connectivity index (χ3n) is 3.46. The maximum atomic E-state index is 12.4. The van der Waals surface area contributed by atoms with E-state index in [0.29, 0.717) is 11.5 Å². The van der Waals surface area contributed by atoms with E-state index in [9.17, 15) is 8.42 Å². The molecule has 2 aromatic rings. The number of hydrogen-bond donors (Lipinski definition) is 1. The van der Waals surface area contributed by atoms with Crippen LogP contribution in [0.25, 0.3) is 0 Å². The van der Waals surface area contributed by atoms with Crippen LogP contribution in [-0.4, -0.2) is 22.6 Å². The Morgan fingerprint density at radius 3 is 2.35 bits per heavy atom. The van der Waals surface area contributed by atoms with Gasteiger partial charge in [0.25, 0.3) is 0 Å². The van der Waals surface area contributed by atoms with Gasteiger partial charge in [-0.2, -0.15) is 0 Å². The van der Waals surface area contributed by atoms with Crippen molar-refractivity contribution in [2.45, 2.75) is 18.7 Å². The van der Waals surface area contributed by atoms with Crippen molar-refractivity contribution in [3.05, 3.63) is 59.7 Å². The number of sulfonamides is 1. The molecule has 1 N–H and O–H groups in total. The van der Waals surface area contributed by atoms with Gasteiger partial charge in [0.2, 0.25) is 10.0 Å². The predicted molar refractivity (Wildman–Crippen MR) is 90.2 cm³/mol. The Labute approximate surface area is 137 Å². The molecule has 0 spiro atoms. The third kappa shape index (κ3) is 4.71. The lowest BCUT2D eigenvalue weighted by molar-refractivity contribution is 0.395. The highest BCUT2D eigenvalue weighted by Gasteiger charge is 2.19. The molecule has 0 aromatic heterocycles. The molecule has 2 rings (SSSR count). The second kappa shape index (κ2) is 7.48. The van der Waals surface area contributed by atoms with E-state index in [4.69, 9.17) is 9.47 Å². The quantitative estimate of drug-likeness (QED) is 0.845. The van der Waals surface area contributed by atoms with Crippen LogP contribution in [0.1, 0.15) is 24.1 Å². The van der Waals surface area contributed by atoms with Gasteiger partial charge in [-0.05, 0) is 30.7 Å². The minimum Gasteiger partial charge on any atom is -0.497 e. The van der Waals surface area contributed by atoms with Crippen LogP contribution in [0.4, 0.5) is 0 Å². The molecule has 124 valence electrons. The topological polar surface area (TPSA) is 64.6 Å². The van der Waals surface area contributed by atoms with Gasteiger partial charge in [-0.3, -0.25) is 0 Å². The Hall–Kier alpha value is -2.05. The first-order valence-electron chi connectivity index (χ1n) is 7.21. The average Bonchev–Trinajstić information content (AvgIpc) is 2.54. The highest BCUT2D eigenvalue weighted by Crippen LogP contribution is 2.29. The Bertz CT molecular complexity index is 744. The highest BCUT2D eigenvalue weighted by atomic mass is 32.2. The Morgan fingerprint density at radius 1 is 1.04 bits per heavy atom. The standard InChI is InChI=1S/C17H21NO4S/c1-13(16-11-15(21-2)9-10-17(16)22-3)18-23(19,20)12-14-7-5-4-6-8-14/h4-11,13,18H,12H2,1-3H3/t13-/m0/s1. The van der Waals surface area contributed by atoms with Crippen molar-refractivity contribution in [2.24, 2.45) is 0 Å². The summed E-state index contributed by atoms with van der Waals surface area (Å²) in [6, 6.07) is 13.9. The van der Waals surface area contributed by atoms with Gasteiger partial charge in [-0.1, -0.05) is 30.3 Å². The predicted octanol–water partition coefficient (Wildman–Crippen LogP) is 2.88. The minimum atomic E-state index is -3.47. The average molecular weight is 335 g/mol. The SMILES string of the molecule is COc1ccc(OC)c([C@H](C)NS(=O)(=O)Cc2ccccc2)c1. The van der Waals surface area contributed by atoms with E-state index < -0.39 is 16.1 Å². The molecule has 6 heteroatoms. The summed E-state index contributed by atoms with van der Waals surface area (Å²) in [7, 11) is -0.356. The summed E-state index contributed by atoms with van der Waals surface area (Å²) in [6.45, 7) is 1.78. The number of nitrogens with one attached hydrogen (secondary N) is 1. The normalized spacial score (nSPS) is 12.7. The molecular formula is C17H21NO4S. The van der Waals surface area contributed by atoms with Gasteiger partial charge in [0, 0.05) is 11.6 Å². The first-order chi connectivity index (χ1) is 10.9. The maximum absolute atomic E-state index is 12.4. The molecule has 0 aliphatic carbocycles. The number of methoxy groups -OCH3 is 2. The molecule has 0 amide bonds. The van der Waals surface area contributed by atoms with Gasteiger partial charge < -0.3 is 9.47 Å². The summed E-state index contributed by atoms with van der Waals surface area (Å²) in [6.07, 6.45) is 0. The lowest BCUT2D eigenvalue weighted by Gasteiger charge is -2.18. The molecule has 0 saturated heterocycles. The molecule has 0 radical (unpaired) electrons. The highest BCUT2D eigenvalue weighted by molar-refractivity contribution is 7.88. The Morgan fingerprint density at radius 2 is 1.74 bits per heavy atom. The van der Waals surface area contributed by atoms with Crippen LogP contribution in [0.2, 0.25) is 0 Å². The van der Waals surface area contributed by atoms with Crippen LogP contribution in [0.3, 0.4) is 0 Å². The monoisotopic (exact) mass is 335 g/mol. The van der Waals surface area contributed by atoms with E-state index in [1.165, 1.54) is 0 Å². The number of benzene rings is 2. The molecule has 0 aliphatic rings. The van der Waals surface area contributed by atoms with Crippen molar-refractivity contribution in [1.29, 1.82) is 0 Å². The van der Waals surface area contributed by atoms with Crippen molar-refractivity contribution < 1.29 is 17.9 Å². The zero-order valence-corrected chi connectivity index (χ0v) is 14.3. The van der Waals surface area contributed by atoms with Gasteiger partial charge >= 0.3 is 0 Å². The van der Waals surface area contributed by atoms with Gasteiger partial charge in [-0.15, -0.1) is 0 Å². The van der Waals surface area contributed by atoms with E-state index in [1.807, 2.05) is 18.2 Å². The molecule has 5 nitrogen and oxygen atoms in total. The fraction of sp³-hybridized carbons (Fsp3) is 0.294. The number of hydrogen-bond acceptors (Lipinski definition) is 4. The molecule has 0 heterocycles.